The molecule has 0 atom stereocenters. The first-order chi connectivity index (χ1) is 12.4. The maximum atomic E-state index is 13.8. The lowest BCUT2D eigenvalue weighted by Gasteiger charge is -2.04. The van der Waals surface area contributed by atoms with Gasteiger partial charge in [0.1, 0.15) is 10.8 Å². The third-order valence-corrected chi connectivity index (χ3v) is 4.40. The molecule has 2 aromatic carbocycles. The van der Waals surface area contributed by atoms with Crippen molar-refractivity contribution in [1.82, 2.24) is 4.98 Å². The van der Waals surface area contributed by atoms with Crippen LogP contribution in [0.15, 0.2) is 48.5 Å². The van der Waals surface area contributed by atoms with Crippen LogP contribution < -0.4 is 16.4 Å². The van der Waals surface area contributed by atoms with Crippen molar-refractivity contribution in [2.45, 2.75) is 6.92 Å². The van der Waals surface area contributed by atoms with E-state index in [9.17, 15) is 14.0 Å². The third-order valence-electron chi connectivity index (χ3n) is 3.51. The molecule has 0 radical (unpaired) electrons. The maximum absolute atomic E-state index is 13.8. The van der Waals surface area contributed by atoms with Crippen molar-refractivity contribution in [3.05, 3.63) is 71.2 Å². The predicted molar refractivity (Wildman–Crippen MR) is 99.4 cm³/mol. The lowest BCUT2D eigenvalue weighted by Crippen LogP contribution is -2.18. The summed E-state index contributed by atoms with van der Waals surface area (Å²) < 4.78 is 13.8. The summed E-state index contributed by atoms with van der Waals surface area (Å²) in [4.78, 5) is 28.0. The number of hydrogen-bond donors (Lipinski definition) is 3. The molecule has 132 valence electrons. The third kappa shape index (κ3) is 3.86. The number of carbonyl (C=O) groups is 2. The van der Waals surface area contributed by atoms with Crippen LogP contribution in [0.2, 0.25) is 0 Å². The normalized spacial score (nSPS) is 10.4. The summed E-state index contributed by atoms with van der Waals surface area (Å²) in [5, 5.41) is 6.08. The van der Waals surface area contributed by atoms with Gasteiger partial charge in [0.25, 0.3) is 11.8 Å². The molecule has 0 fully saturated rings. The molecule has 3 rings (SSSR count). The Morgan fingerprint density at radius 3 is 2.46 bits per heavy atom. The second-order valence-electron chi connectivity index (χ2n) is 5.49. The highest BCUT2D eigenvalue weighted by atomic mass is 32.1. The van der Waals surface area contributed by atoms with E-state index in [1.165, 1.54) is 18.2 Å². The molecule has 0 aliphatic rings. The number of nitrogens with two attached hydrogens (primary N) is 1. The molecule has 1 heterocycles. The topological polar surface area (TPSA) is 97.1 Å². The number of primary amides is 1. The Kier molecular flexibility index (Phi) is 4.94. The summed E-state index contributed by atoms with van der Waals surface area (Å²) in [5.41, 5.74) is 6.99. The van der Waals surface area contributed by atoms with Gasteiger partial charge in [0.05, 0.1) is 5.56 Å². The van der Waals surface area contributed by atoms with E-state index in [1.807, 2.05) is 31.2 Å². The molecule has 1 aromatic heterocycles. The first-order valence-corrected chi connectivity index (χ1v) is 8.46. The van der Waals surface area contributed by atoms with Crippen LogP contribution in [0.3, 0.4) is 0 Å². The van der Waals surface area contributed by atoms with Crippen LogP contribution in [0.1, 0.15) is 26.4 Å². The van der Waals surface area contributed by atoms with Gasteiger partial charge in [-0.3, -0.25) is 9.59 Å². The van der Waals surface area contributed by atoms with Crippen molar-refractivity contribution in [2.24, 2.45) is 5.73 Å². The summed E-state index contributed by atoms with van der Waals surface area (Å²) in [6.07, 6.45) is 0. The molecule has 26 heavy (non-hydrogen) atoms. The number of nitrogens with zero attached hydrogens (tertiary/aromatic N) is 1. The molecule has 2 amide bonds. The van der Waals surface area contributed by atoms with Gasteiger partial charge in [0, 0.05) is 5.69 Å². The van der Waals surface area contributed by atoms with E-state index in [0.29, 0.717) is 5.13 Å². The Morgan fingerprint density at radius 2 is 1.81 bits per heavy atom. The number of anilines is 3. The first-order valence-electron chi connectivity index (χ1n) is 7.64. The number of rotatable bonds is 5. The highest BCUT2D eigenvalue weighted by Crippen LogP contribution is 2.31. The Hall–Kier alpha value is -3.26. The van der Waals surface area contributed by atoms with Gasteiger partial charge in [0.2, 0.25) is 0 Å². The van der Waals surface area contributed by atoms with E-state index in [-0.39, 0.29) is 16.3 Å². The van der Waals surface area contributed by atoms with Gasteiger partial charge in [-0.2, -0.15) is 0 Å². The van der Waals surface area contributed by atoms with Gasteiger partial charge >= 0.3 is 0 Å². The van der Waals surface area contributed by atoms with Crippen molar-refractivity contribution in [3.63, 3.8) is 0 Å². The monoisotopic (exact) mass is 370 g/mol. The molecule has 0 aliphatic carbocycles. The number of carbonyl (C=O) groups excluding carboxylic acids is 2. The van der Waals surface area contributed by atoms with Crippen LogP contribution in [0.5, 0.6) is 0 Å². The van der Waals surface area contributed by atoms with Crippen molar-refractivity contribution >= 4 is 39.0 Å². The summed E-state index contributed by atoms with van der Waals surface area (Å²) in [6, 6.07) is 13.1. The molecule has 0 bridgehead atoms. The Labute approximate surface area is 152 Å². The number of aryl methyl sites for hydroxylation is 1. The van der Waals surface area contributed by atoms with E-state index in [2.05, 4.69) is 15.6 Å². The van der Waals surface area contributed by atoms with E-state index in [4.69, 9.17) is 5.73 Å². The SMILES string of the molecule is Cc1ccc(Nc2nc(C(N)=O)c(NC(=O)c3ccccc3F)s2)cc1. The number of benzene rings is 2. The molecular weight excluding hydrogens is 355 g/mol. The molecular formula is C18H15FN4O2S. The van der Waals surface area contributed by atoms with Gasteiger partial charge < -0.3 is 16.4 Å². The fourth-order valence-corrected chi connectivity index (χ4v) is 3.09. The van der Waals surface area contributed by atoms with E-state index < -0.39 is 17.6 Å². The summed E-state index contributed by atoms with van der Waals surface area (Å²) in [7, 11) is 0. The van der Waals surface area contributed by atoms with E-state index in [0.717, 1.165) is 22.6 Å². The van der Waals surface area contributed by atoms with Gasteiger partial charge in [0.15, 0.2) is 10.8 Å². The molecule has 0 spiro atoms. The van der Waals surface area contributed by atoms with Crippen LogP contribution in [0.25, 0.3) is 0 Å². The Balaban J connectivity index is 1.85. The number of thiazole rings is 1. The van der Waals surface area contributed by atoms with Crippen LogP contribution in [0.4, 0.5) is 20.2 Å². The van der Waals surface area contributed by atoms with E-state index >= 15 is 0 Å². The number of nitrogens with one attached hydrogen (secondary N) is 2. The van der Waals surface area contributed by atoms with Crippen molar-refractivity contribution in [1.29, 1.82) is 0 Å². The number of hydrogen-bond acceptors (Lipinski definition) is 5. The molecule has 0 unspecified atom stereocenters. The Bertz CT molecular complexity index is 970. The molecule has 0 saturated heterocycles. The van der Waals surface area contributed by atoms with Crippen LogP contribution in [-0.4, -0.2) is 16.8 Å². The van der Waals surface area contributed by atoms with Crippen molar-refractivity contribution in [3.8, 4) is 0 Å². The largest absolute Gasteiger partial charge is 0.364 e. The maximum Gasteiger partial charge on any atom is 0.270 e. The highest BCUT2D eigenvalue weighted by molar-refractivity contribution is 7.20. The Morgan fingerprint density at radius 1 is 1.12 bits per heavy atom. The fraction of sp³-hybridized carbons (Fsp3) is 0.0556. The fourth-order valence-electron chi connectivity index (χ4n) is 2.20. The molecule has 0 aliphatic heterocycles. The highest BCUT2D eigenvalue weighted by Gasteiger charge is 2.20. The second-order valence-corrected chi connectivity index (χ2v) is 6.49. The standard InChI is InChI=1S/C18H15FN4O2S/c1-10-6-8-11(9-7-10)21-18-22-14(15(20)24)17(26-18)23-16(25)12-4-2-3-5-13(12)19/h2-9H,1H3,(H2,20,24)(H,21,22)(H,23,25). The number of aromatic nitrogens is 1. The van der Waals surface area contributed by atoms with Crippen LogP contribution >= 0.6 is 11.3 Å². The van der Waals surface area contributed by atoms with Crippen LogP contribution in [-0.2, 0) is 0 Å². The average molecular weight is 370 g/mol. The minimum atomic E-state index is -0.790. The van der Waals surface area contributed by atoms with Gasteiger partial charge in [-0.25, -0.2) is 9.37 Å². The minimum absolute atomic E-state index is 0.0886. The average Bonchev–Trinajstić information content (AvgIpc) is 3.00. The summed E-state index contributed by atoms with van der Waals surface area (Å²) >= 11 is 1.04. The quantitative estimate of drug-likeness (QED) is 0.638. The summed E-state index contributed by atoms with van der Waals surface area (Å²) in [6.45, 7) is 1.97. The molecule has 3 aromatic rings. The lowest BCUT2D eigenvalue weighted by molar-refractivity contribution is 0.0997. The number of halogens is 1. The molecule has 4 N–H and O–H groups in total. The zero-order chi connectivity index (χ0) is 18.7. The van der Waals surface area contributed by atoms with Gasteiger partial charge in [-0.1, -0.05) is 41.2 Å². The molecule has 0 saturated carbocycles. The van der Waals surface area contributed by atoms with Crippen LogP contribution in [0, 0.1) is 12.7 Å². The smallest absolute Gasteiger partial charge is 0.270 e. The first kappa shape index (κ1) is 17.6. The number of amides is 2. The zero-order valence-electron chi connectivity index (χ0n) is 13.7. The van der Waals surface area contributed by atoms with E-state index in [1.54, 1.807) is 6.07 Å². The zero-order valence-corrected chi connectivity index (χ0v) is 14.6. The minimum Gasteiger partial charge on any atom is -0.364 e. The predicted octanol–water partition coefficient (Wildman–Crippen LogP) is 3.69. The summed E-state index contributed by atoms with van der Waals surface area (Å²) in [5.74, 6) is -2.13. The lowest BCUT2D eigenvalue weighted by atomic mass is 10.2. The molecule has 8 heteroatoms. The molecule has 6 nitrogen and oxygen atoms in total. The van der Waals surface area contributed by atoms with Gasteiger partial charge in [-0.05, 0) is 31.2 Å². The van der Waals surface area contributed by atoms with Crippen molar-refractivity contribution < 1.29 is 14.0 Å². The van der Waals surface area contributed by atoms with Gasteiger partial charge in [-0.15, -0.1) is 0 Å². The van der Waals surface area contributed by atoms with Crippen molar-refractivity contribution in [2.75, 3.05) is 10.6 Å². The second kappa shape index (κ2) is 7.32.